The molecule has 0 fully saturated rings. The first-order valence-electron chi connectivity index (χ1n) is 7.76. The number of nitrogens with zero attached hydrogens (tertiary/aromatic N) is 2. The number of phenolic OH excluding ortho intramolecular Hbond substituents is 1. The van der Waals surface area contributed by atoms with Crippen LogP contribution in [-0.4, -0.2) is 20.6 Å². The summed E-state index contributed by atoms with van der Waals surface area (Å²) in [4.78, 5) is 29.3. The Morgan fingerprint density at radius 2 is 2.04 bits per heavy atom. The lowest BCUT2D eigenvalue weighted by molar-refractivity contribution is 0.102. The number of nitrogens with one attached hydrogen (secondary N) is 1. The SMILES string of the molecule is O=C(Nc1ccccc1O)c1ccc2c(=O)n3c(nc2c1)CCC3. The molecule has 0 spiro atoms. The van der Waals surface area contributed by atoms with Crippen LogP contribution in [-0.2, 0) is 13.0 Å². The molecule has 2 N–H and O–H groups in total. The lowest BCUT2D eigenvalue weighted by atomic mass is 10.1. The van der Waals surface area contributed by atoms with E-state index >= 15 is 0 Å². The molecule has 2 aromatic carbocycles. The first-order chi connectivity index (χ1) is 11.6. The molecule has 0 saturated carbocycles. The van der Waals surface area contributed by atoms with Crippen LogP contribution in [0, 0.1) is 0 Å². The number of aryl methyl sites for hydroxylation is 1. The molecule has 120 valence electrons. The number of benzene rings is 2. The van der Waals surface area contributed by atoms with E-state index in [-0.39, 0.29) is 17.2 Å². The fraction of sp³-hybridized carbons (Fsp3) is 0.167. The smallest absolute Gasteiger partial charge is 0.261 e. The second kappa shape index (κ2) is 5.49. The van der Waals surface area contributed by atoms with Crippen LogP contribution in [0.3, 0.4) is 0 Å². The van der Waals surface area contributed by atoms with E-state index in [1.165, 1.54) is 6.07 Å². The summed E-state index contributed by atoms with van der Waals surface area (Å²) >= 11 is 0. The third-order valence-electron chi connectivity index (χ3n) is 4.23. The number of para-hydroxylation sites is 2. The lowest BCUT2D eigenvalue weighted by Gasteiger charge is -2.09. The maximum Gasteiger partial charge on any atom is 0.261 e. The van der Waals surface area contributed by atoms with E-state index in [2.05, 4.69) is 10.3 Å². The van der Waals surface area contributed by atoms with E-state index < -0.39 is 0 Å². The molecular weight excluding hydrogens is 306 g/mol. The zero-order valence-corrected chi connectivity index (χ0v) is 12.8. The van der Waals surface area contributed by atoms with E-state index in [1.54, 1.807) is 41.0 Å². The van der Waals surface area contributed by atoms with Crippen molar-refractivity contribution in [3.05, 3.63) is 64.2 Å². The van der Waals surface area contributed by atoms with Gasteiger partial charge in [-0.05, 0) is 36.8 Å². The van der Waals surface area contributed by atoms with Crippen LogP contribution in [0.1, 0.15) is 22.6 Å². The normalized spacial score (nSPS) is 13.0. The molecule has 1 aliphatic rings. The molecule has 0 bridgehead atoms. The number of rotatable bonds is 2. The maximum absolute atomic E-state index is 12.4. The van der Waals surface area contributed by atoms with Crippen molar-refractivity contribution in [2.24, 2.45) is 0 Å². The predicted molar refractivity (Wildman–Crippen MR) is 90.4 cm³/mol. The molecule has 1 amide bonds. The molecule has 1 aliphatic heterocycles. The van der Waals surface area contributed by atoms with Crippen molar-refractivity contribution < 1.29 is 9.90 Å². The number of anilines is 1. The van der Waals surface area contributed by atoms with Gasteiger partial charge in [-0.1, -0.05) is 12.1 Å². The van der Waals surface area contributed by atoms with E-state index in [1.807, 2.05) is 0 Å². The van der Waals surface area contributed by atoms with Gasteiger partial charge in [0.15, 0.2) is 0 Å². The minimum atomic E-state index is -0.360. The van der Waals surface area contributed by atoms with Gasteiger partial charge in [0, 0.05) is 18.5 Å². The highest BCUT2D eigenvalue weighted by atomic mass is 16.3. The van der Waals surface area contributed by atoms with Crippen LogP contribution >= 0.6 is 0 Å². The maximum atomic E-state index is 12.4. The van der Waals surface area contributed by atoms with Crippen molar-refractivity contribution >= 4 is 22.5 Å². The Balaban J connectivity index is 1.73. The molecule has 6 heteroatoms. The van der Waals surface area contributed by atoms with Crippen molar-refractivity contribution in [3.8, 4) is 5.75 Å². The van der Waals surface area contributed by atoms with Crippen molar-refractivity contribution in [3.63, 3.8) is 0 Å². The van der Waals surface area contributed by atoms with Gasteiger partial charge < -0.3 is 10.4 Å². The third kappa shape index (κ3) is 2.32. The summed E-state index contributed by atoms with van der Waals surface area (Å²) in [6.45, 7) is 0.701. The second-order valence-electron chi connectivity index (χ2n) is 5.79. The fourth-order valence-corrected chi connectivity index (χ4v) is 3.00. The molecule has 6 nitrogen and oxygen atoms in total. The average molecular weight is 321 g/mol. The predicted octanol–water partition coefficient (Wildman–Crippen LogP) is 2.30. The van der Waals surface area contributed by atoms with Gasteiger partial charge >= 0.3 is 0 Å². The molecule has 0 saturated heterocycles. The molecule has 0 unspecified atom stereocenters. The van der Waals surface area contributed by atoms with E-state index in [4.69, 9.17) is 0 Å². The Hall–Kier alpha value is -3.15. The van der Waals surface area contributed by atoms with Crippen LogP contribution in [0.15, 0.2) is 47.3 Å². The van der Waals surface area contributed by atoms with Crippen LogP contribution in [0.2, 0.25) is 0 Å². The Morgan fingerprint density at radius 3 is 2.88 bits per heavy atom. The summed E-state index contributed by atoms with van der Waals surface area (Å²) in [5.74, 6) is 0.410. The number of carbonyl (C=O) groups excluding carboxylic acids is 1. The van der Waals surface area contributed by atoms with Crippen LogP contribution < -0.4 is 10.9 Å². The minimum absolute atomic E-state index is 0.000767. The summed E-state index contributed by atoms with van der Waals surface area (Å²) < 4.78 is 1.70. The minimum Gasteiger partial charge on any atom is -0.506 e. The number of aromatic hydroxyl groups is 1. The number of amides is 1. The highest BCUT2D eigenvalue weighted by molar-refractivity contribution is 6.06. The zero-order chi connectivity index (χ0) is 16.7. The molecule has 0 radical (unpaired) electrons. The first-order valence-corrected chi connectivity index (χ1v) is 7.76. The molecule has 0 atom stereocenters. The van der Waals surface area contributed by atoms with Crippen LogP contribution in [0.5, 0.6) is 5.75 Å². The number of carbonyl (C=O) groups is 1. The number of hydrogen-bond donors (Lipinski definition) is 2. The fourth-order valence-electron chi connectivity index (χ4n) is 3.00. The Bertz CT molecular complexity index is 1020. The van der Waals surface area contributed by atoms with E-state index in [0.29, 0.717) is 28.7 Å². The Labute approximate surface area is 137 Å². The average Bonchev–Trinajstić information content (AvgIpc) is 3.05. The monoisotopic (exact) mass is 321 g/mol. The largest absolute Gasteiger partial charge is 0.506 e. The van der Waals surface area contributed by atoms with Crippen molar-refractivity contribution in [1.29, 1.82) is 0 Å². The topological polar surface area (TPSA) is 84.2 Å². The Kier molecular flexibility index (Phi) is 3.30. The van der Waals surface area contributed by atoms with E-state index in [9.17, 15) is 14.7 Å². The summed E-state index contributed by atoms with van der Waals surface area (Å²) in [6.07, 6.45) is 1.69. The number of fused-ring (bicyclic) bond motifs is 2. The highest BCUT2D eigenvalue weighted by Gasteiger charge is 2.17. The molecule has 2 heterocycles. The van der Waals surface area contributed by atoms with Gasteiger partial charge in [-0.15, -0.1) is 0 Å². The van der Waals surface area contributed by atoms with Gasteiger partial charge in [0.1, 0.15) is 11.6 Å². The summed E-state index contributed by atoms with van der Waals surface area (Å²) in [5, 5.41) is 12.9. The summed E-state index contributed by atoms with van der Waals surface area (Å²) in [6, 6.07) is 11.4. The van der Waals surface area contributed by atoms with Gasteiger partial charge in [-0.2, -0.15) is 0 Å². The van der Waals surface area contributed by atoms with Gasteiger partial charge in [0.2, 0.25) is 0 Å². The molecule has 4 rings (SSSR count). The van der Waals surface area contributed by atoms with Gasteiger partial charge in [0.25, 0.3) is 11.5 Å². The highest BCUT2D eigenvalue weighted by Crippen LogP contribution is 2.23. The lowest BCUT2D eigenvalue weighted by Crippen LogP contribution is -2.21. The molecule has 0 aliphatic carbocycles. The summed E-state index contributed by atoms with van der Waals surface area (Å²) in [7, 11) is 0. The van der Waals surface area contributed by atoms with E-state index in [0.717, 1.165) is 18.7 Å². The number of phenols is 1. The van der Waals surface area contributed by atoms with Crippen molar-refractivity contribution in [2.45, 2.75) is 19.4 Å². The third-order valence-corrected chi connectivity index (χ3v) is 4.23. The van der Waals surface area contributed by atoms with Crippen molar-refractivity contribution in [2.75, 3.05) is 5.32 Å². The number of aromatic nitrogens is 2. The van der Waals surface area contributed by atoms with Gasteiger partial charge in [0.05, 0.1) is 16.6 Å². The van der Waals surface area contributed by atoms with Crippen LogP contribution in [0.4, 0.5) is 5.69 Å². The Morgan fingerprint density at radius 1 is 1.21 bits per heavy atom. The molecule has 3 aromatic rings. The standard InChI is InChI=1S/C18H15N3O3/c22-15-5-2-1-4-13(15)20-17(23)11-7-8-12-14(10-11)19-16-6-3-9-21(16)18(12)24/h1-2,4-5,7-8,10,22H,3,6,9H2,(H,20,23). The summed E-state index contributed by atoms with van der Waals surface area (Å²) in [5.41, 5.74) is 1.20. The quantitative estimate of drug-likeness (QED) is 0.709. The van der Waals surface area contributed by atoms with Gasteiger partial charge in [-0.3, -0.25) is 14.2 Å². The molecule has 1 aromatic heterocycles. The zero-order valence-electron chi connectivity index (χ0n) is 12.8. The molecule has 24 heavy (non-hydrogen) atoms. The van der Waals surface area contributed by atoms with Crippen LogP contribution in [0.25, 0.3) is 10.9 Å². The van der Waals surface area contributed by atoms with Gasteiger partial charge in [-0.25, -0.2) is 4.98 Å². The first kappa shape index (κ1) is 14.4. The number of hydrogen-bond acceptors (Lipinski definition) is 4. The van der Waals surface area contributed by atoms with Crippen molar-refractivity contribution in [1.82, 2.24) is 9.55 Å². The molecular formula is C18H15N3O3. The second-order valence-corrected chi connectivity index (χ2v) is 5.79.